The number of rotatable bonds is 6. The van der Waals surface area contributed by atoms with Gasteiger partial charge in [0.25, 0.3) is 0 Å². The largest absolute Gasteiger partial charge is 0.312 e. The Balaban J connectivity index is 2.25. The predicted molar refractivity (Wildman–Crippen MR) is 92.0 cm³/mol. The molecule has 2 heteroatoms. The minimum Gasteiger partial charge on any atom is -0.312 e. The summed E-state index contributed by atoms with van der Waals surface area (Å²) in [4.78, 5) is 2.48. The van der Waals surface area contributed by atoms with Gasteiger partial charge < -0.3 is 10.2 Å². The monoisotopic (exact) mass is 288 g/mol. The van der Waals surface area contributed by atoms with E-state index in [2.05, 4.69) is 63.3 Å². The summed E-state index contributed by atoms with van der Waals surface area (Å²) in [7, 11) is 4.52. The van der Waals surface area contributed by atoms with E-state index in [4.69, 9.17) is 0 Å². The quantitative estimate of drug-likeness (QED) is 0.858. The van der Waals surface area contributed by atoms with Gasteiger partial charge in [0, 0.05) is 11.6 Å². The molecule has 1 unspecified atom stereocenters. The Bertz CT molecular complexity index is 438. The molecule has 0 amide bonds. The molecule has 0 heterocycles. The van der Waals surface area contributed by atoms with Gasteiger partial charge in [-0.3, -0.25) is 0 Å². The van der Waals surface area contributed by atoms with E-state index in [1.807, 2.05) is 0 Å². The van der Waals surface area contributed by atoms with E-state index in [1.54, 1.807) is 0 Å². The van der Waals surface area contributed by atoms with Crippen LogP contribution in [-0.4, -0.2) is 37.1 Å². The second-order valence-electron chi connectivity index (χ2n) is 7.02. The highest BCUT2D eigenvalue weighted by molar-refractivity contribution is 5.29. The molecular formula is C19H32N2. The molecule has 0 saturated heterocycles. The van der Waals surface area contributed by atoms with E-state index in [-0.39, 0.29) is 0 Å². The van der Waals surface area contributed by atoms with Gasteiger partial charge in [0.05, 0.1) is 0 Å². The summed E-state index contributed by atoms with van der Waals surface area (Å²) in [6.45, 7) is 7.68. The maximum Gasteiger partial charge on any atom is 0.0359 e. The molecule has 21 heavy (non-hydrogen) atoms. The van der Waals surface area contributed by atoms with Gasteiger partial charge in [-0.05, 0) is 59.3 Å². The summed E-state index contributed by atoms with van der Waals surface area (Å²) < 4.78 is 0. The second kappa shape index (κ2) is 6.93. The first-order valence-electron chi connectivity index (χ1n) is 8.46. The van der Waals surface area contributed by atoms with Crippen LogP contribution in [0, 0.1) is 13.8 Å². The van der Waals surface area contributed by atoms with Crippen LogP contribution in [0.2, 0.25) is 0 Å². The van der Waals surface area contributed by atoms with Gasteiger partial charge in [-0.15, -0.1) is 0 Å². The zero-order valence-corrected chi connectivity index (χ0v) is 14.5. The minimum atomic E-state index is 0.327. The molecule has 1 aromatic carbocycles. The van der Waals surface area contributed by atoms with Crippen molar-refractivity contribution in [2.24, 2.45) is 0 Å². The molecule has 0 aliphatic heterocycles. The molecule has 1 aliphatic rings. The number of nitrogens with one attached hydrogen (secondary N) is 1. The zero-order valence-electron chi connectivity index (χ0n) is 14.5. The lowest BCUT2D eigenvalue weighted by Crippen LogP contribution is -2.58. The maximum absolute atomic E-state index is 3.79. The van der Waals surface area contributed by atoms with Gasteiger partial charge in [-0.1, -0.05) is 49.1 Å². The summed E-state index contributed by atoms with van der Waals surface area (Å²) in [6, 6.07) is 7.52. The van der Waals surface area contributed by atoms with Crippen LogP contribution in [-0.2, 0) is 6.42 Å². The lowest BCUT2D eigenvalue weighted by atomic mass is 9.82. The van der Waals surface area contributed by atoms with Crippen LogP contribution in [0.5, 0.6) is 0 Å². The fraction of sp³-hybridized carbons (Fsp3) is 0.684. The highest BCUT2D eigenvalue weighted by Crippen LogP contribution is 2.38. The maximum atomic E-state index is 3.79. The first kappa shape index (κ1) is 16.5. The molecule has 1 aliphatic carbocycles. The Hall–Kier alpha value is -0.860. The van der Waals surface area contributed by atoms with Gasteiger partial charge in [0.15, 0.2) is 0 Å². The first-order chi connectivity index (χ1) is 9.98. The third kappa shape index (κ3) is 3.67. The smallest absolute Gasteiger partial charge is 0.0359 e. The van der Waals surface area contributed by atoms with E-state index < -0.39 is 0 Å². The molecule has 2 rings (SSSR count). The Morgan fingerprint density at radius 3 is 2.14 bits per heavy atom. The van der Waals surface area contributed by atoms with Crippen LogP contribution in [0.3, 0.4) is 0 Å². The van der Waals surface area contributed by atoms with Crippen molar-refractivity contribution in [3.05, 3.63) is 34.9 Å². The topological polar surface area (TPSA) is 15.3 Å². The molecule has 0 bridgehead atoms. The SMILES string of the molecule is CCNC(Cc1cc(C)cc(C)c1)C1(N(C)C)CCCC1. The molecule has 0 aromatic heterocycles. The molecule has 1 fully saturated rings. The Morgan fingerprint density at radius 2 is 1.67 bits per heavy atom. The summed E-state index contributed by atoms with van der Waals surface area (Å²) in [5.41, 5.74) is 4.57. The van der Waals surface area contributed by atoms with Crippen LogP contribution in [0.1, 0.15) is 49.3 Å². The van der Waals surface area contributed by atoms with Crippen LogP contribution in [0.15, 0.2) is 18.2 Å². The molecule has 0 spiro atoms. The average Bonchev–Trinajstić information content (AvgIpc) is 2.87. The van der Waals surface area contributed by atoms with Crippen molar-refractivity contribution in [3.63, 3.8) is 0 Å². The fourth-order valence-corrected chi connectivity index (χ4v) is 4.22. The number of benzene rings is 1. The molecule has 2 nitrogen and oxygen atoms in total. The summed E-state index contributed by atoms with van der Waals surface area (Å²) in [5, 5.41) is 3.79. The Labute approximate surface area is 130 Å². The number of likely N-dealkylation sites (N-methyl/N-ethyl adjacent to an activating group) is 2. The molecular weight excluding hydrogens is 256 g/mol. The normalized spacial score (nSPS) is 19.1. The number of hydrogen-bond acceptors (Lipinski definition) is 2. The third-order valence-electron chi connectivity index (χ3n) is 5.18. The minimum absolute atomic E-state index is 0.327. The number of aryl methyl sites for hydroxylation is 2. The molecule has 1 saturated carbocycles. The number of nitrogens with zero attached hydrogens (tertiary/aromatic N) is 1. The van der Waals surface area contributed by atoms with Crippen molar-refractivity contribution >= 4 is 0 Å². The van der Waals surface area contributed by atoms with Gasteiger partial charge in [-0.25, -0.2) is 0 Å². The van der Waals surface area contributed by atoms with E-state index >= 15 is 0 Å². The molecule has 1 atom stereocenters. The van der Waals surface area contributed by atoms with E-state index in [0.29, 0.717) is 11.6 Å². The van der Waals surface area contributed by atoms with Crippen LogP contribution >= 0.6 is 0 Å². The standard InChI is InChI=1S/C19H32N2/c1-6-20-18(19(21(4)5)9-7-8-10-19)14-17-12-15(2)11-16(3)13-17/h11-13,18,20H,6-10,14H2,1-5H3. The zero-order chi connectivity index (χ0) is 15.5. The summed E-state index contributed by atoms with van der Waals surface area (Å²) in [5.74, 6) is 0. The van der Waals surface area contributed by atoms with Gasteiger partial charge in [0.2, 0.25) is 0 Å². The second-order valence-corrected chi connectivity index (χ2v) is 7.02. The molecule has 1 aromatic rings. The highest BCUT2D eigenvalue weighted by Gasteiger charge is 2.42. The molecule has 0 radical (unpaired) electrons. The van der Waals surface area contributed by atoms with Crippen molar-refractivity contribution in [1.82, 2.24) is 10.2 Å². The van der Waals surface area contributed by atoms with Crippen LogP contribution in [0.4, 0.5) is 0 Å². The average molecular weight is 288 g/mol. The lowest BCUT2D eigenvalue weighted by molar-refractivity contribution is 0.105. The summed E-state index contributed by atoms with van der Waals surface area (Å²) >= 11 is 0. The first-order valence-corrected chi connectivity index (χ1v) is 8.46. The van der Waals surface area contributed by atoms with E-state index in [9.17, 15) is 0 Å². The van der Waals surface area contributed by atoms with E-state index in [1.165, 1.54) is 42.4 Å². The fourth-order valence-electron chi connectivity index (χ4n) is 4.22. The Morgan fingerprint density at radius 1 is 1.10 bits per heavy atom. The van der Waals surface area contributed by atoms with Crippen molar-refractivity contribution in [2.75, 3.05) is 20.6 Å². The van der Waals surface area contributed by atoms with Gasteiger partial charge >= 0.3 is 0 Å². The van der Waals surface area contributed by atoms with Gasteiger partial charge in [0.1, 0.15) is 0 Å². The lowest BCUT2D eigenvalue weighted by Gasteiger charge is -2.44. The molecule has 1 N–H and O–H groups in total. The van der Waals surface area contributed by atoms with Crippen LogP contribution < -0.4 is 5.32 Å². The Kier molecular flexibility index (Phi) is 5.45. The summed E-state index contributed by atoms with van der Waals surface area (Å²) in [6.07, 6.45) is 6.51. The van der Waals surface area contributed by atoms with Crippen molar-refractivity contribution < 1.29 is 0 Å². The van der Waals surface area contributed by atoms with Gasteiger partial charge in [-0.2, -0.15) is 0 Å². The van der Waals surface area contributed by atoms with Crippen molar-refractivity contribution in [3.8, 4) is 0 Å². The van der Waals surface area contributed by atoms with Crippen molar-refractivity contribution in [1.29, 1.82) is 0 Å². The molecule has 118 valence electrons. The van der Waals surface area contributed by atoms with Crippen molar-refractivity contribution in [2.45, 2.75) is 64.5 Å². The number of hydrogen-bond donors (Lipinski definition) is 1. The van der Waals surface area contributed by atoms with Crippen LogP contribution in [0.25, 0.3) is 0 Å². The third-order valence-corrected chi connectivity index (χ3v) is 5.18. The predicted octanol–water partition coefficient (Wildman–Crippen LogP) is 3.70. The highest BCUT2D eigenvalue weighted by atomic mass is 15.2. The van der Waals surface area contributed by atoms with E-state index in [0.717, 1.165) is 13.0 Å².